The molecule has 0 saturated heterocycles. The third-order valence-electron chi connectivity index (χ3n) is 3.10. The second-order valence-corrected chi connectivity index (χ2v) is 5.05. The Morgan fingerprint density at radius 2 is 1.71 bits per heavy atom. The minimum atomic E-state index is -0.130. The molecule has 0 aromatic carbocycles. The van der Waals surface area contributed by atoms with Crippen LogP contribution in [0.3, 0.4) is 0 Å². The summed E-state index contributed by atoms with van der Waals surface area (Å²) in [4.78, 5) is 11.7. The lowest BCUT2D eigenvalue weighted by Gasteiger charge is -2.15. The van der Waals surface area contributed by atoms with Crippen molar-refractivity contribution in [3.8, 4) is 0 Å². The quantitative estimate of drug-likeness (QED) is 0.580. The van der Waals surface area contributed by atoms with Gasteiger partial charge in [0.25, 0.3) is 0 Å². The van der Waals surface area contributed by atoms with Crippen LogP contribution in [-0.2, 0) is 4.79 Å². The number of aliphatic hydroxyl groups excluding tert-OH is 1. The molecule has 0 aliphatic heterocycles. The molecule has 102 valence electrons. The molecule has 0 heterocycles. The Bertz CT molecular complexity index is 195. The Balaban J connectivity index is 3.50. The van der Waals surface area contributed by atoms with Gasteiger partial charge in [0, 0.05) is 12.0 Å². The molecule has 3 heteroatoms. The van der Waals surface area contributed by atoms with Gasteiger partial charge in [-0.25, -0.2) is 0 Å². The molecule has 0 saturated carbocycles. The molecule has 1 amide bonds. The largest absolute Gasteiger partial charge is 0.394 e. The average molecular weight is 243 g/mol. The number of carbonyl (C=O) groups excluding carboxylic acids is 1. The van der Waals surface area contributed by atoms with Crippen LogP contribution in [0.5, 0.6) is 0 Å². The van der Waals surface area contributed by atoms with Gasteiger partial charge < -0.3 is 10.4 Å². The summed E-state index contributed by atoms with van der Waals surface area (Å²) in [5.41, 5.74) is 0. The Labute approximate surface area is 106 Å². The van der Waals surface area contributed by atoms with Crippen LogP contribution in [0.1, 0.15) is 65.7 Å². The second kappa shape index (κ2) is 10.6. The summed E-state index contributed by atoms with van der Waals surface area (Å²) in [5.74, 6) is 0.135. The highest BCUT2D eigenvalue weighted by Gasteiger charge is 2.13. The Kier molecular flexibility index (Phi) is 10.2. The molecular weight excluding hydrogens is 214 g/mol. The van der Waals surface area contributed by atoms with Gasteiger partial charge in [0.05, 0.1) is 6.61 Å². The second-order valence-electron chi connectivity index (χ2n) is 5.05. The first-order chi connectivity index (χ1) is 8.11. The molecule has 0 spiro atoms. The monoisotopic (exact) mass is 243 g/mol. The minimum Gasteiger partial charge on any atom is -0.394 e. The van der Waals surface area contributed by atoms with Crippen molar-refractivity contribution in [3.05, 3.63) is 0 Å². The molecule has 0 radical (unpaired) electrons. The Morgan fingerprint density at radius 3 is 2.29 bits per heavy atom. The number of carbonyl (C=O) groups is 1. The van der Waals surface area contributed by atoms with Gasteiger partial charge in [0.1, 0.15) is 0 Å². The molecule has 0 fully saturated rings. The zero-order chi connectivity index (χ0) is 13.1. The van der Waals surface area contributed by atoms with Crippen LogP contribution in [0.25, 0.3) is 0 Å². The number of nitrogens with one attached hydrogen (secondary N) is 1. The van der Waals surface area contributed by atoms with Gasteiger partial charge in [0.15, 0.2) is 0 Å². The lowest BCUT2D eigenvalue weighted by atomic mass is 10.0. The summed E-state index contributed by atoms with van der Waals surface area (Å²) < 4.78 is 0. The molecule has 0 rings (SSSR count). The van der Waals surface area contributed by atoms with E-state index in [-0.39, 0.29) is 24.5 Å². The van der Waals surface area contributed by atoms with Crippen LogP contribution in [0.15, 0.2) is 0 Å². The fraction of sp³-hybridized carbons (Fsp3) is 0.929. The molecule has 0 bridgehead atoms. The maximum absolute atomic E-state index is 11.7. The fourth-order valence-corrected chi connectivity index (χ4v) is 1.79. The van der Waals surface area contributed by atoms with Gasteiger partial charge in [0.2, 0.25) is 5.91 Å². The van der Waals surface area contributed by atoms with Crippen molar-refractivity contribution in [1.82, 2.24) is 5.32 Å². The zero-order valence-corrected chi connectivity index (χ0v) is 11.7. The summed E-state index contributed by atoms with van der Waals surface area (Å²) in [6.45, 7) is 6.01. The zero-order valence-electron chi connectivity index (χ0n) is 11.7. The van der Waals surface area contributed by atoms with Gasteiger partial charge >= 0.3 is 0 Å². The van der Waals surface area contributed by atoms with Crippen molar-refractivity contribution in [3.63, 3.8) is 0 Å². The Morgan fingerprint density at radius 1 is 1.12 bits per heavy atom. The third kappa shape index (κ3) is 9.16. The van der Waals surface area contributed by atoms with E-state index in [1.165, 1.54) is 32.1 Å². The number of amides is 1. The molecule has 0 aromatic heterocycles. The lowest BCUT2D eigenvalue weighted by molar-refractivity contribution is -0.125. The van der Waals surface area contributed by atoms with Crippen molar-refractivity contribution in [2.75, 3.05) is 6.61 Å². The number of hydrogen-bond acceptors (Lipinski definition) is 2. The van der Waals surface area contributed by atoms with Crippen molar-refractivity contribution in [2.24, 2.45) is 5.92 Å². The summed E-state index contributed by atoms with van der Waals surface area (Å²) in [5, 5.41) is 11.6. The van der Waals surface area contributed by atoms with E-state index in [0.29, 0.717) is 0 Å². The van der Waals surface area contributed by atoms with Crippen LogP contribution in [0.2, 0.25) is 0 Å². The lowest BCUT2D eigenvalue weighted by Crippen LogP contribution is -2.38. The third-order valence-corrected chi connectivity index (χ3v) is 3.10. The van der Waals surface area contributed by atoms with Crippen LogP contribution in [0.4, 0.5) is 0 Å². The number of unbranched alkanes of at least 4 members (excludes halogenated alkanes) is 5. The van der Waals surface area contributed by atoms with E-state index in [1.54, 1.807) is 0 Å². The molecular formula is C14H29NO2. The molecule has 3 nitrogen and oxygen atoms in total. The van der Waals surface area contributed by atoms with Crippen LogP contribution < -0.4 is 5.32 Å². The first kappa shape index (κ1) is 16.4. The molecule has 0 aliphatic carbocycles. The SMILES string of the molecule is CCCCCCCCC(C)C(=O)N[C@@H](C)CO. The van der Waals surface area contributed by atoms with Gasteiger partial charge in [-0.15, -0.1) is 0 Å². The van der Waals surface area contributed by atoms with E-state index >= 15 is 0 Å². The molecule has 1 unspecified atom stereocenters. The maximum atomic E-state index is 11.7. The van der Waals surface area contributed by atoms with Gasteiger partial charge in [-0.2, -0.15) is 0 Å². The van der Waals surface area contributed by atoms with Crippen molar-refractivity contribution in [1.29, 1.82) is 0 Å². The summed E-state index contributed by atoms with van der Waals surface area (Å²) in [7, 11) is 0. The highest BCUT2D eigenvalue weighted by Crippen LogP contribution is 2.12. The standard InChI is InChI=1S/C14H29NO2/c1-4-5-6-7-8-9-10-12(2)14(17)15-13(3)11-16/h12-13,16H,4-11H2,1-3H3,(H,15,17)/t12?,13-/m0/s1. The van der Waals surface area contributed by atoms with E-state index in [1.807, 2.05) is 13.8 Å². The fourth-order valence-electron chi connectivity index (χ4n) is 1.79. The smallest absolute Gasteiger partial charge is 0.223 e. The van der Waals surface area contributed by atoms with Crippen LogP contribution in [0, 0.1) is 5.92 Å². The van der Waals surface area contributed by atoms with Gasteiger partial charge in [-0.05, 0) is 13.3 Å². The molecule has 0 aliphatic rings. The molecule has 0 aromatic rings. The normalized spacial score (nSPS) is 14.4. The maximum Gasteiger partial charge on any atom is 0.223 e. The average Bonchev–Trinajstić information content (AvgIpc) is 2.32. The topological polar surface area (TPSA) is 49.3 Å². The van der Waals surface area contributed by atoms with Crippen molar-refractivity contribution < 1.29 is 9.90 Å². The van der Waals surface area contributed by atoms with Crippen LogP contribution >= 0.6 is 0 Å². The van der Waals surface area contributed by atoms with Gasteiger partial charge in [-0.3, -0.25) is 4.79 Å². The van der Waals surface area contributed by atoms with Crippen molar-refractivity contribution in [2.45, 2.75) is 71.8 Å². The number of hydrogen-bond donors (Lipinski definition) is 2. The highest BCUT2D eigenvalue weighted by atomic mass is 16.3. The molecule has 2 atom stereocenters. The van der Waals surface area contributed by atoms with Crippen LogP contribution in [-0.4, -0.2) is 23.7 Å². The van der Waals surface area contributed by atoms with E-state index in [0.717, 1.165) is 12.8 Å². The first-order valence-electron chi connectivity index (χ1n) is 7.03. The summed E-state index contributed by atoms with van der Waals surface area (Å²) in [6.07, 6.45) is 8.52. The van der Waals surface area contributed by atoms with E-state index in [9.17, 15) is 4.79 Å². The number of aliphatic hydroxyl groups is 1. The summed E-state index contributed by atoms with van der Waals surface area (Å²) in [6, 6.07) is -0.130. The minimum absolute atomic E-state index is 0.00940. The van der Waals surface area contributed by atoms with E-state index in [4.69, 9.17) is 5.11 Å². The predicted molar refractivity (Wildman–Crippen MR) is 71.8 cm³/mol. The van der Waals surface area contributed by atoms with Gasteiger partial charge in [-0.1, -0.05) is 52.4 Å². The highest BCUT2D eigenvalue weighted by molar-refractivity contribution is 5.78. The molecule has 17 heavy (non-hydrogen) atoms. The first-order valence-corrected chi connectivity index (χ1v) is 7.03. The molecule has 2 N–H and O–H groups in total. The summed E-state index contributed by atoms with van der Waals surface area (Å²) >= 11 is 0. The van der Waals surface area contributed by atoms with E-state index in [2.05, 4.69) is 12.2 Å². The van der Waals surface area contributed by atoms with Crippen molar-refractivity contribution >= 4 is 5.91 Å². The Hall–Kier alpha value is -0.570. The predicted octanol–water partition coefficient (Wildman–Crippen LogP) is 2.87. The number of rotatable bonds is 10. The van der Waals surface area contributed by atoms with E-state index < -0.39 is 0 Å².